The molecule has 1 atom stereocenters. The Morgan fingerprint density at radius 2 is 2.37 bits per heavy atom. The molecule has 2 aromatic heterocycles. The van der Waals surface area contributed by atoms with Crippen molar-refractivity contribution in [3.8, 4) is 0 Å². The number of aryl methyl sites for hydroxylation is 1. The Balaban J connectivity index is 1.77. The first-order valence-electron chi connectivity index (χ1n) is 6.89. The molecule has 100 valence electrons. The average molecular weight is 273 g/mol. The van der Waals surface area contributed by atoms with Crippen LogP contribution >= 0.6 is 11.3 Å². The molecule has 2 heterocycles. The summed E-state index contributed by atoms with van der Waals surface area (Å²) in [5.41, 5.74) is 2.63. The molecular formula is C15H19N3S. The summed E-state index contributed by atoms with van der Waals surface area (Å²) in [6.45, 7) is 2.98. The minimum atomic E-state index is 0.451. The molecule has 19 heavy (non-hydrogen) atoms. The highest BCUT2D eigenvalue weighted by molar-refractivity contribution is 7.10. The van der Waals surface area contributed by atoms with Gasteiger partial charge in [-0.1, -0.05) is 0 Å². The van der Waals surface area contributed by atoms with Crippen LogP contribution in [-0.2, 0) is 6.42 Å². The zero-order valence-corrected chi connectivity index (χ0v) is 12.0. The Hall–Kier alpha value is -1.55. The summed E-state index contributed by atoms with van der Waals surface area (Å²) in [5.74, 6) is 0.939. The molecule has 1 aliphatic carbocycles. The second-order valence-corrected chi connectivity index (χ2v) is 5.85. The van der Waals surface area contributed by atoms with Crippen LogP contribution in [-0.4, -0.2) is 11.5 Å². The molecule has 0 spiro atoms. The highest BCUT2D eigenvalue weighted by Gasteiger charge is 2.20. The number of fused-ring (bicyclic) bond motifs is 1. The van der Waals surface area contributed by atoms with Crippen molar-refractivity contribution in [1.82, 2.24) is 4.98 Å². The van der Waals surface area contributed by atoms with Crippen LogP contribution in [0.5, 0.6) is 0 Å². The van der Waals surface area contributed by atoms with Gasteiger partial charge >= 0.3 is 0 Å². The van der Waals surface area contributed by atoms with Crippen molar-refractivity contribution in [2.45, 2.75) is 32.2 Å². The quantitative estimate of drug-likeness (QED) is 0.882. The first-order chi connectivity index (χ1) is 9.36. The number of rotatable bonds is 4. The third-order valence-electron chi connectivity index (χ3n) is 3.51. The van der Waals surface area contributed by atoms with E-state index >= 15 is 0 Å². The van der Waals surface area contributed by atoms with E-state index in [0.717, 1.165) is 18.1 Å². The molecule has 0 aliphatic heterocycles. The molecule has 4 heteroatoms. The number of pyridine rings is 1. The number of nitrogens with one attached hydrogen (secondary N) is 2. The number of aromatic nitrogens is 1. The van der Waals surface area contributed by atoms with Gasteiger partial charge in [0.15, 0.2) is 0 Å². The van der Waals surface area contributed by atoms with E-state index in [1.54, 1.807) is 4.88 Å². The number of hydrogen-bond acceptors (Lipinski definition) is 4. The molecule has 0 aromatic carbocycles. The van der Waals surface area contributed by atoms with E-state index in [0.29, 0.717) is 6.04 Å². The van der Waals surface area contributed by atoms with E-state index in [1.165, 1.54) is 24.8 Å². The smallest absolute Gasteiger partial charge is 0.127 e. The summed E-state index contributed by atoms with van der Waals surface area (Å²) < 4.78 is 0. The van der Waals surface area contributed by atoms with Gasteiger partial charge < -0.3 is 10.6 Å². The van der Waals surface area contributed by atoms with E-state index in [2.05, 4.69) is 40.1 Å². The summed E-state index contributed by atoms with van der Waals surface area (Å²) in [7, 11) is 0. The van der Waals surface area contributed by atoms with E-state index in [4.69, 9.17) is 0 Å². The number of nitrogens with zero attached hydrogens (tertiary/aromatic N) is 1. The van der Waals surface area contributed by atoms with Gasteiger partial charge in [-0.15, -0.1) is 11.3 Å². The van der Waals surface area contributed by atoms with E-state index in [9.17, 15) is 0 Å². The van der Waals surface area contributed by atoms with Crippen LogP contribution in [0.3, 0.4) is 0 Å². The van der Waals surface area contributed by atoms with Gasteiger partial charge in [0.2, 0.25) is 0 Å². The maximum atomic E-state index is 4.31. The Bertz CT molecular complexity index is 550. The van der Waals surface area contributed by atoms with Gasteiger partial charge in [-0.2, -0.15) is 0 Å². The zero-order chi connectivity index (χ0) is 13.1. The number of hydrogen-bond donors (Lipinski definition) is 2. The predicted octanol–water partition coefficient (Wildman–Crippen LogP) is 4.06. The molecule has 3 rings (SSSR count). The van der Waals surface area contributed by atoms with Crippen LogP contribution in [0.25, 0.3) is 0 Å². The largest absolute Gasteiger partial charge is 0.378 e. The first-order valence-corrected chi connectivity index (χ1v) is 7.77. The second kappa shape index (κ2) is 5.61. The van der Waals surface area contributed by atoms with Crippen LogP contribution in [0.15, 0.2) is 29.8 Å². The van der Waals surface area contributed by atoms with Crippen molar-refractivity contribution < 1.29 is 0 Å². The highest BCUT2D eigenvalue weighted by atomic mass is 32.1. The van der Waals surface area contributed by atoms with Crippen molar-refractivity contribution >= 4 is 22.8 Å². The zero-order valence-electron chi connectivity index (χ0n) is 11.1. The lowest BCUT2D eigenvalue weighted by Crippen LogP contribution is -2.15. The molecule has 0 bridgehead atoms. The Morgan fingerprint density at radius 3 is 3.26 bits per heavy atom. The minimum Gasteiger partial charge on any atom is -0.378 e. The Labute approximate surface area is 118 Å². The number of anilines is 2. The maximum absolute atomic E-state index is 4.31. The predicted molar refractivity (Wildman–Crippen MR) is 82.0 cm³/mol. The van der Waals surface area contributed by atoms with Crippen LogP contribution in [0.2, 0.25) is 0 Å². The van der Waals surface area contributed by atoms with Crippen LogP contribution in [0, 0.1) is 0 Å². The number of thiophene rings is 1. The van der Waals surface area contributed by atoms with Crippen molar-refractivity contribution in [2.24, 2.45) is 0 Å². The molecule has 1 unspecified atom stereocenters. The average Bonchev–Trinajstić information content (AvgIpc) is 2.89. The summed E-state index contributed by atoms with van der Waals surface area (Å²) in [4.78, 5) is 5.85. The summed E-state index contributed by atoms with van der Waals surface area (Å²) >= 11 is 1.89. The van der Waals surface area contributed by atoms with Crippen molar-refractivity contribution in [3.05, 3.63) is 40.2 Å². The van der Waals surface area contributed by atoms with E-state index in [-0.39, 0.29) is 0 Å². The lowest BCUT2D eigenvalue weighted by atomic mass is 9.94. The van der Waals surface area contributed by atoms with Gasteiger partial charge in [0, 0.05) is 29.4 Å². The van der Waals surface area contributed by atoms with Gasteiger partial charge in [-0.25, -0.2) is 4.98 Å². The van der Waals surface area contributed by atoms with Crippen LogP contribution in [0.1, 0.15) is 36.2 Å². The monoisotopic (exact) mass is 273 g/mol. The molecule has 1 aliphatic rings. The summed E-state index contributed by atoms with van der Waals surface area (Å²) in [5, 5.41) is 9.11. The fourth-order valence-electron chi connectivity index (χ4n) is 2.64. The Morgan fingerprint density at radius 1 is 1.42 bits per heavy atom. The third kappa shape index (κ3) is 2.73. The SMILES string of the molecule is CCNc1cc(NC2CCCc3sccc32)ccn1. The summed E-state index contributed by atoms with van der Waals surface area (Å²) in [6.07, 6.45) is 5.58. The minimum absolute atomic E-state index is 0.451. The molecule has 2 N–H and O–H groups in total. The van der Waals surface area contributed by atoms with E-state index < -0.39 is 0 Å². The molecular weight excluding hydrogens is 254 g/mol. The van der Waals surface area contributed by atoms with Gasteiger partial charge in [-0.3, -0.25) is 0 Å². The first kappa shape index (κ1) is 12.5. The topological polar surface area (TPSA) is 37.0 Å². The van der Waals surface area contributed by atoms with Crippen molar-refractivity contribution in [1.29, 1.82) is 0 Å². The molecule has 0 amide bonds. The molecule has 2 aromatic rings. The lowest BCUT2D eigenvalue weighted by molar-refractivity contribution is 0.609. The Kier molecular flexibility index (Phi) is 3.69. The molecule has 0 fully saturated rings. The molecule has 3 nitrogen and oxygen atoms in total. The maximum Gasteiger partial charge on any atom is 0.127 e. The molecule has 0 saturated carbocycles. The second-order valence-electron chi connectivity index (χ2n) is 4.85. The fraction of sp³-hybridized carbons (Fsp3) is 0.400. The van der Waals surface area contributed by atoms with Gasteiger partial charge in [0.1, 0.15) is 5.82 Å². The van der Waals surface area contributed by atoms with Crippen LogP contribution < -0.4 is 10.6 Å². The normalized spacial score (nSPS) is 17.8. The molecule has 0 radical (unpaired) electrons. The highest BCUT2D eigenvalue weighted by Crippen LogP contribution is 2.35. The van der Waals surface area contributed by atoms with Gasteiger partial charge in [-0.05, 0) is 49.3 Å². The van der Waals surface area contributed by atoms with E-state index in [1.807, 2.05) is 23.6 Å². The van der Waals surface area contributed by atoms with Gasteiger partial charge in [0.25, 0.3) is 0 Å². The van der Waals surface area contributed by atoms with Crippen molar-refractivity contribution in [3.63, 3.8) is 0 Å². The fourth-order valence-corrected chi connectivity index (χ4v) is 3.62. The molecule has 0 saturated heterocycles. The third-order valence-corrected chi connectivity index (χ3v) is 4.51. The van der Waals surface area contributed by atoms with Crippen LogP contribution in [0.4, 0.5) is 11.5 Å². The standard InChI is InChI=1S/C15H19N3S/c1-2-16-15-10-11(6-8-17-15)18-13-4-3-5-14-12(13)7-9-19-14/h6-10,13H,2-5H2,1H3,(H2,16,17,18). The lowest BCUT2D eigenvalue weighted by Gasteiger charge is -2.24. The van der Waals surface area contributed by atoms with Gasteiger partial charge in [0.05, 0.1) is 6.04 Å². The van der Waals surface area contributed by atoms with Crippen molar-refractivity contribution in [2.75, 3.05) is 17.2 Å². The summed E-state index contributed by atoms with van der Waals surface area (Å²) in [6, 6.07) is 6.85.